The van der Waals surface area contributed by atoms with Crippen LogP contribution >= 0.6 is 34.5 Å². The number of thiophene rings is 1. The van der Waals surface area contributed by atoms with Crippen LogP contribution in [0.15, 0.2) is 84.2 Å². The van der Waals surface area contributed by atoms with Gasteiger partial charge in [-0.1, -0.05) is 83.9 Å². The van der Waals surface area contributed by atoms with Crippen LogP contribution in [0.2, 0.25) is 10.0 Å². The van der Waals surface area contributed by atoms with Crippen molar-refractivity contribution in [2.24, 2.45) is 0 Å². The van der Waals surface area contributed by atoms with Gasteiger partial charge in [-0.2, -0.15) is 0 Å². The third kappa shape index (κ3) is 2.29. The van der Waals surface area contributed by atoms with E-state index in [1.807, 2.05) is 54.6 Å². The molecule has 1 heterocycles. The molecule has 0 aliphatic heterocycles. The molecule has 136 valence electrons. The summed E-state index contributed by atoms with van der Waals surface area (Å²) in [4.78, 5) is 14.5. The Morgan fingerprint density at radius 3 is 2.25 bits per heavy atom. The van der Waals surface area contributed by atoms with Crippen molar-refractivity contribution in [1.29, 1.82) is 0 Å². The lowest BCUT2D eigenvalue weighted by molar-refractivity contribution is 0.103. The number of carbonyl (C=O) groups is 1. The van der Waals surface area contributed by atoms with Crippen LogP contribution in [0.5, 0.6) is 0 Å². The second kappa shape index (κ2) is 6.59. The maximum absolute atomic E-state index is 13.4. The van der Waals surface area contributed by atoms with Gasteiger partial charge >= 0.3 is 0 Å². The molecule has 0 amide bonds. The van der Waals surface area contributed by atoms with Gasteiger partial charge in [0.2, 0.25) is 0 Å². The van der Waals surface area contributed by atoms with Crippen LogP contribution < -0.4 is 0 Å². The van der Waals surface area contributed by atoms with E-state index in [4.69, 9.17) is 23.2 Å². The van der Waals surface area contributed by atoms with Gasteiger partial charge < -0.3 is 0 Å². The molecule has 1 atom stereocenters. The summed E-state index contributed by atoms with van der Waals surface area (Å²) in [6.45, 7) is 0. The molecular weight excluding hydrogens is 407 g/mol. The fraction of sp³-hybridized carbons (Fsp3) is 0.0417. The Labute approximate surface area is 177 Å². The first-order valence-corrected chi connectivity index (χ1v) is 10.5. The van der Waals surface area contributed by atoms with Gasteiger partial charge in [-0.05, 0) is 34.7 Å². The molecule has 1 aromatic heterocycles. The number of hydrogen-bond acceptors (Lipinski definition) is 2. The van der Waals surface area contributed by atoms with E-state index >= 15 is 0 Å². The van der Waals surface area contributed by atoms with Crippen molar-refractivity contribution in [3.8, 4) is 0 Å². The van der Waals surface area contributed by atoms with Crippen molar-refractivity contribution >= 4 is 40.3 Å². The highest BCUT2D eigenvalue weighted by molar-refractivity contribution is 7.10. The standard InChI is InChI=1S/C24H14Cl2OS/c25-18-11-5-10-17-21(18)23(27)16-9-4-12-19(26)22(16)24(17,20-13-6-14-28-20)15-7-2-1-3-8-15/h1-14H. The van der Waals surface area contributed by atoms with Crippen molar-refractivity contribution < 1.29 is 4.79 Å². The molecule has 0 fully saturated rings. The van der Waals surface area contributed by atoms with Gasteiger partial charge in [0.15, 0.2) is 5.78 Å². The van der Waals surface area contributed by atoms with E-state index in [1.54, 1.807) is 17.4 Å². The summed E-state index contributed by atoms with van der Waals surface area (Å²) < 4.78 is 0. The lowest BCUT2D eigenvalue weighted by atomic mass is 9.62. The van der Waals surface area contributed by atoms with Crippen LogP contribution in [-0.4, -0.2) is 5.78 Å². The number of halogens is 2. The van der Waals surface area contributed by atoms with E-state index in [0.29, 0.717) is 21.2 Å². The third-order valence-electron chi connectivity index (χ3n) is 5.38. The SMILES string of the molecule is O=C1c2cccc(Cl)c2C(c2ccccc2)(c2cccs2)c2cccc(Cl)c21. The quantitative estimate of drug-likeness (QED) is 0.300. The summed E-state index contributed by atoms with van der Waals surface area (Å²) in [5.74, 6) is -0.0822. The van der Waals surface area contributed by atoms with Crippen molar-refractivity contribution in [3.63, 3.8) is 0 Å². The zero-order chi connectivity index (χ0) is 19.3. The molecule has 0 spiro atoms. The summed E-state index contributed by atoms with van der Waals surface area (Å²) in [5.41, 5.74) is 3.21. The Bertz CT molecular complexity index is 1200. The van der Waals surface area contributed by atoms with Gasteiger partial charge in [-0.3, -0.25) is 4.79 Å². The van der Waals surface area contributed by atoms with E-state index in [1.165, 1.54) is 0 Å². The van der Waals surface area contributed by atoms with Gasteiger partial charge in [0.05, 0.1) is 10.4 Å². The van der Waals surface area contributed by atoms with Crippen LogP contribution in [0.3, 0.4) is 0 Å². The second-order valence-corrected chi connectivity index (χ2v) is 8.51. The average molecular weight is 421 g/mol. The van der Waals surface area contributed by atoms with Crippen LogP contribution in [0, 0.1) is 0 Å². The van der Waals surface area contributed by atoms with Crippen molar-refractivity contribution in [3.05, 3.63) is 127 Å². The normalized spacial score (nSPS) is 17.9. The highest BCUT2D eigenvalue weighted by atomic mass is 35.5. The predicted octanol–water partition coefficient (Wildman–Crippen LogP) is 6.98. The molecule has 4 aromatic rings. The lowest BCUT2D eigenvalue weighted by Gasteiger charge is -2.41. The minimum atomic E-state index is -0.697. The van der Waals surface area contributed by atoms with Crippen LogP contribution in [-0.2, 0) is 5.41 Å². The highest BCUT2D eigenvalue weighted by Gasteiger charge is 2.48. The number of fused-ring (bicyclic) bond motifs is 2. The van der Waals surface area contributed by atoms with E-state index in [-0.39, 0.29) is 5.78 Å². The number of benzene rings is 3. The summed E-state index contributed by atoms with van der Waals surface area (Å²) in [6, 6.07) is 25.5. The minimum Gasteiger partial charge on any atom is -0.289 e. The molecule has 5 rings (SSSR count). The van der Waals surface area contributed by atoms with Crippen LogP contribution in [0.1, 0.15) is 37.5 Å². The van der Waals surface area contributed by atoms with Crippen LogP contribution in [0.4, 0.5) is 0 Å². The van der Waals surface area contributed by atoms with Crippen molar-refractivity contribution in [2.75, 3.05) is 0 Å². The molecular formula is C24H14Cl2OS. The van der Waals surface area contributed by atoms with E-state index < -0.39 is 5.41 Å². The molecule has 0 bridgehead atoms. The lowest BCUT2D eigenvalue weighted by Crippen LogP contribution is -2.38. The Balaban J connectivity index is 2.05. The topological polar surface area (TPSA) is 17.1 Å². The maximum atomic E-state index is 13.4. The molecule has 1 nitrogen and oxygen atoms in total. The first-order valence-electron chi connectivity index (χ1n) is 8.88. The molecule has 0 saturated carbocycles. The molecule has 0 saturated heterocycles. The minimum absolute atomic E-state index is 0.0822. The van der Waals surface area contributed by atoms with Gasteiger partial charge in [0.1, 0.15) is 0 Å². The average Bonchev–Trinajstić information content (AvgIpc) is 3.25. The number of hydrogen-bond donors (Lipinski definition) is 0. The second-order valence-electron chi connectivity index (χ2n) is 6.75. The van der Waals surface area contributed by atoms with Crippen molar-refractivity contribution in [1.82, 2.24) is 0 Å². The maximum Gasteiger partial charge on any atom is 0.195 e. The predicted molar refractivity (Wildman–Crippen MR) is 116 cm³/mol. The fourth-order valence-corrected chi connectivity index (χ4v) is 5.85. The number of rotatable bonds is 2. The zero-order valence-corrected chi connectivity index (χ0v) is 17.0. The van der Waals surface area contributed by atoms with Crippen molar-refractivity contribution in [2.45, 2.75) is 5.41 Å². The number of ketones is 1. The summed E-state index contributed by atoms with van der Waals surface area (Å²) in [7, 11) is 0. The van der Waals surface area contributed by atoms with E-state index in [0.717, 1.165) is 21.6 Å². The molecule has 0 N–H and O–H groups in total. The molecule has 1 aliphatic carbocycles. The summed E-state index contributed by atoms with van der Waals surface area (Å²) in [5, 5.41) is 3.09. The molecule has 3 aromatic carbocycles. The largest absolute Gasteiger partial charge is 0.289 e. The Morgan fingerprint density at radius 1 is 0.750 bits per heavy atom. The Hall–Kier alpha value is -2.39. The summed E-state index contributed by atoms with van der Waals surface area (Å²) in [6.07, 6.45) is 0. The monoisotopic (exact) mass is 420 g/mol. The van der Waals surface area contributed by atoms with Gasteiger partial charge in [0, 0.05) is 26.6 Å². The van der Waals surface area contributed by atoms with E-state index in [2.05, 4.69) is 23.6 Å². The smallest absolute Gasteiger partial charge is 0.195 e. The van der Waals surface area contributed by atoms with Crippen LogP contribution in [0.25, 0.3) is 0 Å². The molecule has 4 heteroatoms. The molecule has 0 radical (unpaired) electrons. The third-order valence-corrected chi connectivity index (χ3v) is 6.99. The molecule has 1 aliphatic rings. The van der Waals surface area contributed by atoms with E-state index in [9.17, 15) is 4.79 Å². The fourth-order valence-electron chi connectivity index (χ4n) is 4.31. The summed E-state index contributed by atoms with van der Waals surface area (Å²) >= 11 is 15.0. The number of carbonyl (C=O) groups excluding carboxylic acids is 1. The first-order chi connectivity index (χ1) is 13.7. The Morgan fingerprint density at radius 2 is 1.50 bits per heavy atom. The molecule has 1 unspecified atom stereocenters. The Kier molecular flexibility index (Phi) is 4.17. The highest BCUT2D eigenvalue weighted by Crippen LogP contribution is 2.54. The van der Waals surface area contributed by atoms with Gasteiger partial charge in [-0.15, -0.1) is 11.3 Å². The van der Waals surface area contributed by atoms with Gasteiger partial charge in [0.25, 0.3) is 0 Å². The first kappa shape index (κ1) is 17.7. The van der Waals surface area contributed by atoms with Gasteiger partial charge in [-0.25, -0.2) is 0 Å². The zero-order valence-electron chi connectivity index (χ0n) is 14.7. The molecule has 28 heavy (non-hydrogen) atoms.